The summed E-state index contributed by atoms with van der Waals surface area (Å²) in [4.78, 5) is 13.6. The highest BCUT2D eigenvalue weighted by Crippen LogP contribution is 2.29. The van der Waals surface area contributed by atoms with E-state index in [1.807, 2.05) is 35.0 Å². The zero-order valence-electron chi connectivity index (χ0n) is 13.3. The molecule has 3 aromatic rings. The lowest BCUT2D eigenvalue weighted by Gasteiger charge is -2.15. The van der Waals surface area contributed by atoms with E-state index in [9.17, 15) is 4.79 Å². The molecule has 0 aliphatic heterocycles. The SMILES string of the molecule is O=C(C[NH2+][C@H](c1ccccc1)c1cccs1)Nc1c(Cl)cccc1Cl. The summed E-state index contributed by atoms with van der Waals surface area (Å²) in [5, 5.41) is 7.72. The molecule has 6 heteroatoms. The molecular weight excluding hydrogens is 375 g/mol. The van der Waals surface area contributed by atoms with Crippen LogP contribution in [0.25, 0.3) is 0 Å². The summed E-state index contributed by atoms with van der Waals surface area (Å²) in [6, 6.07) is 19.5. The fourth-order valence-electron chi connectivity index (χ4n) is 2.58. The molecule has 128 valence electrons. The summed E-state index contributed by atoms with van der Waals surface area (Å²) < 4.78 is 0. The number of amides is 1. The molecule has 1 atom stereocenters. The van der Waals surface area contributed by atoms with Crippen LogP contribution in [-0.4, -0.2) is 12.5 Å². The Kier molecular flexibility index (Phi) is 6.10. The van der Waals surface area contributed by atoms with Crippen LogP contribution < -0.4 is 10.6 Å². The molecule has 0 spiro atoms. The molecule has 0 aliphatic carbocycles. The number of para-hydroxylation sites is 1. The van der Waals surface area contributed by atoms with Crippen molar-refractivity contribution in [2.24, 2.45) is 0 Å². The Labute approximate surface area is 160 Å². The zero-order valence-corrected chi connectivity index (χ0v) is 15.6. The number of carbonyl (C=O) groups excluding carboxylic acids is 1. The number of nitrogens with one attached hydrogen (secondary N) is 1. The third-order valence-corrected chi connectivity index (χ3v) is 5.36. The van der Waals surface area contributed by atoms with E-state index < -0.39 is 0 Å². The van der Waals surface area contributed by atoms with Gasteiger partial charge in [0.05, 0.1) is 20.6 Å². The molecule has 25 heavy (non-hydrogen) atoms. The predicted octanol–water partition coefficient (Wildman–Crippen LogP) is 4.35. The van der Waals surface area contributed by atoms with Crippen LogP contribution >= 0.6 is 34.5 Å². The van der Waals surface area contributed by atoms with E-state index in [4.69, 9.17) is 23.2 Å². The molecule has 0 unspecified atom stereocenters. The normalized spacial score (nSPS) is 11.9. The lowest BCUT2D eigenvalue weighted by Crippen LogP contribution is -2.87. The minimum Gasteiger partial charge on any atom is -0.328 e. The summed E-state index contributed by atoms with van der Waals surface area (Å²) in [5.41, 5.74) is 1.62. The van der Waals surface area contributed by atoms with E-state index in [1.54, 1.807) is 29.5 Å². The van der Waals surface area contributed by atoms with Crippen molar-refractivity contribution in [3.63, 3.8) is 0 Å². The number of anilines is 1. The Morgan fingerprint density at radius 3 is 2.36 bits per heavy atom. The number of benzene rings is 2. The van der Waals surface area contributed by atoms with Gasteiger partial charge in [-0.2, -0.15) is 0 Å². The second-order valence-electron chi connectivity index (χ2n) is 5.49. The van der Waals surface area contributed by atoms with Gasteiger partial charge in [-0.25, -0.2) is 0 Å². The number of carbonyl (C=O) groups is 1. The number of hydrogen-bond donors (Lipinski definition) is 2. The lowest BCUT2D eigenvalue weighted by atomic mass is 10.1. The van der Waals surface area contributed by atoms with Crippen molar-refractivity contribution in [3.8, 4) is 0 Å². The van der Waals surface area contributed by atoms with Gasteiger partial charge in [0.2, 0.25) is 0 Å². The first-order chi connectivity index (χ1) is 12.1. The van der Waals surface area contributed by atoms with Crippen LogP contribution in [0.2, 0.25) is 10.0 Å². The van der Waals surface area contributed by atoms with Crippen LogP contribution in [0.5, 0.6) is 0 Å². The van der Waals surface area contributed by atoms with Gasteiger partial charge in [-0.15, -0.1) is 11.3 Å². The largest absolute Gasteiger partial charge is 0.328 e. The highest BCUT2D eigenvalue weighted by atomic mass is 35.5. The predicted molar refractivity (Wildman–Crippen MR) is 104 cm³/mol. The number of halogens is 2. The van der Waals surface area contributed by atoms with E-state index in [0.29, 0.717) is 15.7 Å². The minimum atomic E-state index is -0.146. The van der Waals surface area contributed by atoms with Gasteiger partial charge in [0.1, 0.15) is 6.04 Å². The molecule has 0 radical (unpaired) electrons. The van der Waals surface area contributed by atoms with Gasteiger partial charge < -0.3 is 10.6 Å². The molecule has 1 amide bonds. The number of hydrogen-bond acceptors (Lipinski definition) is 2. The monoisotopic (exact) mass is 391 g/mol. The van der Waals surface area contributed by atoms with E-state index in [0.717, 1.165) is 5.56 Å². The Morgan fingerprint density at radius 2 is 1.72 bits per heavy atom. The van der Waals surface area contributed by atoms with Crippen molar-refractivity contribution < 1.29 is 10.1 Å². The molecule has 0 bridgehead atoms. The van der Waals surface area contributed by atoms with Gasteiger partial charge in [-0.1, -0.05) is 65.7 Å². The van der Waals surface area contributed by atoms with Crippen LogP contribution in [0.1, 0.15) is 16.5 Å². The molecule has 2 aromatic carbocycles. The maximum absolute atomic E-state index is 12.4. The Hall–Kier alpha value is -1.85. The molecule has 0 fully saturated rings. The van der Waals surface area contributed by atoms with Crippen LogP contribution in [-0.2, 0) is 4.79 Å². The quantitative estimate of drug-likeness (QED) is 0.644. The molecule has 0 saturated carbocycles. The zero-order chi connectivity index (χ0) is 17.6. The fraction of sp³-hybridized carbons (Fsp3) is 0.105. The van der Waals surface area contributed by atoms with Crippen LogP contribution in [0.4, 0.5) is 5.69 Å². The third-order valence-electron chi connectivity index (χ3n) is 3.77. The van der Waals surface area contributed by atoms with Crippen LogP contribution in [0.3, 0.4) is 0 Å². The topological polar surface area (TPSA) is 45.7 Å². The van der Waals surface area contributed by atoms with Crippen molar-refractivity contribution in [2.45, 2.75) is 6.04 Å². The maximum Gasteiger partial charge on any atom is 0.279 e. The van der Waals surface area contributed by atoms with Gasteiger partial charge in [0, 0.05) is 5.56 Å². The Balaban J connectivity index is 1.70. The smallest absolute Gasteiger partial charge is 0.279 e. The highest BCUT2D eigenvalue weighted by Gasteiger charge is 2.20. The molecule has 3 nitrogen and oxygen atoms in total. The van der Waals surface area contributed by atoms with Gasteiger partial charge in [0.15, 0.2) is 6.54 Å². The van der Waals surface area contributed by atoms with Gasteiger partial charge in [0.25, 0.3) is 5.91 Å². The first-order valence-corrected chi connectivity index (χ1v) is 9.44. The lowest BCUT2D eigenvalue weighted by molar-refractivity contribution is -0.675. The second kappa shape index (κ2) is 8.50. The minimum absolute atomic E-state index is 0.0775. The van der Waals surface area contributed by atoms with E-state index in [1.165, 1.54) is 4.88 Å². The molecule has 1 aromatic heterocycles. The van der Waals surface area contributed by atoms with Gasteiger partial charge in [-0.3, -0.25) is 4.79 Å². The van der Waals surface area contributed by atoms with Crippen LogP contribution in [0.15, 0.2) is 66.0 Å². The molecule has 3 N–H and O–H groups in total. The van der Waals surface area contributed by atoms with Crippen molar-refractivity contribution in [2.75, 3.05) is 11.9 Å². The number of thiophene rings is 1. The second-order valence-corrected chi connectivity index (χ2v) is 7.28. The van der Waals surface area contributed by atoms with Gasteiger partial charge >= 0.3 is 0 Å². The summed E-state index contributed by atoms with van der Waals surface area (Å²) in [6.45, 7) is 0.263. The molecule has 0 aliphatic rings. The standard InChI is InChI=1S/C19H16Cl2N2OS/c20-14-8-4-9-15(21)19(14)23-17(24)12-22-18(16-10-5-11-25-16)13-6-2-1-3-7-13/h1-11,18,22H,12H2,(H,23,24)/p+1/t18-/m1/s1. The summed E-state index contributed by atoms with van der Waals surface area (Å²) in [5.74, 6) is -0.146. The van der Waals surface area contributed by atoms with Gasteiger partial charge in [-0.05, 0) is 23.6 Å². The maximum atomic E-state index is 12.4. The third kappa shape index (κ3) is 4.61. The molecule has 1 heterocycles. The average molecular weight is 392 g/mol. The van der Waals surface area contributed by atoms with Crippen molar-refractivity contribution in [1.82, 2.24) is 0 Å². The van der Waals surface area contributed by atoms with E-state index in [2.05, 4.69) is 23.5 Å². The fourth-order valence-corrected chi connectivity index (χ4v) is 3.92. The van der Waals surface area contributed by atoms with Crippen molar-refractivity contribution in [3.05, 3.63) is 86.5 Å². The summed E-state index contributed by atoms with van der Waals surface area (Å²) in [6.07, 6.45) is 0. The number of rotatable bonds is 6. The molecule has 0 saturated heterocycles. The molecular formula is C19H17Cl2N2OS+. The average Bonchev–Trinajstić information content (AvgIpc) is 3.14. The van der Waals surface area contributed by atoms with Crippen molar-refractivity contribution in [1.29, 1.82) is 0 Å². The highest BCUT2D eigenvalue weighted by molar-refractivity contribution is 7.10. The summed E-state index contributed by atoms with van der Waals surface area (Å²) in [7, 11) is 0. The Bertz CT molecular complexity index is 818. The summed E-state index contributed by atoms with van der Waals surface area (Å²) >= 11 is 13.9. The number of quaternary nitrogens is 1. The number of nitrogens with two attached hydrogens (primary N) is 1. The first kappa shape index (κ1) is 18.0. The molecule has 3 rings (SSSR count). The van der Waals surface area contributed by atoms with E-state index in [-0.39, 0.29) is 18.5 Å². The van der Waals surface area contributed by atoms with Crippen LogP contribution in [0, 0.1) is 0 Å². The first-order valence-electron chi connectivity index (χ1n) is 7.80. The Morgan fingerprint density at radius 1 is 1.00 bits per heavy atom. The van der Waals surface area contributed by atoms with Crippen molar-refractivity contribution >= 4 is 46.1 Å². The van der Waals surface area contributed by atoms with E-state index >= 15 is 0 Å².